The number of benzene rings is 4. The maximum absolute atomic E-state index is 14.4. The fourth-order valence-electron chi connectivity index (χ4n) is 9.27. The van der Waals surface area contributed by atoms with Crippen LogP contribution in [-0.4, -0.2) is 8.78 Å². The summed E-state index contributed by atoms with van der Waals surface area (Å²) in [6.45, 7) is 4.67. The number of anilines is 3. The van der Waals surface area contributed by atoms with Gasteiger partial charge in [0.05, 0.1) is 33.7 Å². The number of aromatic nitrogens is 3. The van der Waals surface area contributed by atoms with Gasteiger partial charge in [-0.15, -0.1) is 0 Å². The van der Waals surface area contributed by atoms with Crippen LogP contribution in [0.5, 0.6) is 11.5 Å². The summed E-state index contributed by atoms with van der Waals surface area (Å²) in [6, 6.07) is 34.3. The largest absolute Gasteiger partial charge is 0.456 e. The highest BCUT2D eigenvalue weighted by molar-refractivity contribution is 7.85. The minimum absolute atomic E-state index is 0.238. The van der Waals surface area contributed by atoms with Crippen molar-refractivity contribution in [2.24, 2.45) is 0 Å². The summed E-state index contributed by atoms with van der Waals surface area (Å²) in [4.78, 5) is 4.11. The second-order valence-electron chi connectivity index (χ2n) is 13.2. The van der Waals surface area contributed by atoms with E-state index in [0.717, 1.165) is 71.5 Å². The lowest BCUT2D eigenvalue weighted by atomic mass is 9.72. The Bertz CT molecular complexity index is 2650. The van der Waals surface area contributed by atoms with Crippen LogP contribution >= 0.6 is 0 Å². The average Bonchev–Trinajstić information content (AvgIpc) is 3.41. The van der Waals surface area contributed by atoms with Crippen molar-refractivity contribution >= 4 is 49.8 Å². The molecule has 0 aliphatic carbocycles. The number of fused-ring (bicyclic) bond motifs is 4. The average molecular weight is 601 g/mol. The number of nitrogens with zero attached hydrogens (tertiary/aromatic N) is 4. The Kier molecular flexibility index (Phi) is 3.60. The van der Waals surface area contributed by atoms with Crippen LogP contribution in [0.4, 0.5) is 17.2 Å². The third kappa shape index (κ3) is 2.18. The number of ether oxygens (including phenoxy) is 1. The Hall–Kier alpha value is -5.27. The van der Waals surface area contributed by atoms with Crippen LogP contribution in [0.1, 0.15) is 36.1 Å². The van der Waals surface area contributed by atoms with Crippen molar-refractivity contribution in [2.75, 3.05) is 4.90 Å². The Balaban J connectivity index is 1.39. The second-order valence-corrected chi connectivity index (χ2v) is 14.6. The fraction of sp³-hybridized carbons (Fsp3) is 0.105. The first kappa shape index (κ1) is 23.2. The molecular formula is C38H24N4O2S+2. The molecule has 5 aliphatic rings. The SMILES string of the molecule is CC1(C)c2ccccc2N2c3cccc4c3C3(c5c(ccc6c7cccc8c7n(c56)-c5c(ccc[n+]53)S8=O)O4)[n+]3cccc1c32. The standard InChI is InChI=1S/C38H24N4O2S/c1-37(2)23-10-3-4-12-25(23)41-26-13-6-14-27-31(26)38(39-19-7-11-24(37)35(39)41)32-28(44-27)18-17-22-21-9-5-15-29-33(21)42(34(22)32)36-30(45(29)43)16-8-20-40(36)38/h3-20H,1-2H3/q+2. The summed E-state index contributed by atoms with van der Waals surface area (Å²) in [5.74, 6) is 3.77. The first-order valence-electron chi connectivity index (χ1n) is 15.4. The van der Waals surface area contributed by atoms with Crippen molar-refractivity contribution in [1.82, 2.24) is 4.57 Å². The third-order valence-corrected chi connectivity index (χ3v) is 12.4. The van der Waals surface area contributed by atoms with Crippen molar-refractivity contribution in [3.63, 3.8) is 0 Å². The monoisotopic (exact) mass is 600 g/mol. The van der Waals surface area contributed by atoms with E-state index in [1.54, 1.807) is 0 Å². The van der Waals surface area contributed by atoms with Gasteiger partial charge in [-0.25, -0.2) is 4.21 Å². The van der Waals surface area contributed by atoms with E-state index < -0.39 is 16.5 Å². The van der Waals surface area contributed by atoms with Gasteiger partial charge in [0.1, 0.15) is 38.9 Å². The van der Waals surface area contributed by atoms with Crippen LogP contribution in [-0.2, 0) is 21.9 Å². The van der Waals surface area contributed by atoms with E-state index in [0.29, 0.717) is 0 Å². The summed E-state index contributed by atoms with van der Waals surface area (Å²) in [6.07, 6.45) is 4.41. The number of para-hydroxylation sites is 2. The predicted molar refractivity (Wildman–Crippen MR) is 171 cm³/mol. The second kappa shape index (κ2) is 7.00. The first-order chi connectivity index (χ1) is 22.0. The first-order valence-corrected chi connectivity index (χ1v) is 16.5. The van der Waals surface area contributed by atoms with Gasteiger partial charge in [-0.05, 0) is 66.7 Å². The Labute approximate surface area is 260 Å². The summed E-state index contributed by atoms with van der Waals surface area (Å²) in [7, 11) is -1.34. The minimum atomic E-state index is -1.34. The molecule has 0 radical (unpaired) electrons. The van der Waals surface area contributed by atoms with E-state index in [-0.39, 0.29) is 5.41 Å². The molecule has 4 aromatic carbocycles. The minimum Gasteiger partial charge on any atom is -0.456 e. The van der Waals surface area contributed by atoms with E-state index in [1.807, 2.05) is 18.2 Å². The molecule has 2 atom stereocenters. The zero-order chi connectivity index (χ0) is 29.6. The maximum Gasteiger partial charge on any atom is 0.321 e. The van der Waals surface area contributed by atoms with Gasteiger partial charge in [-0.2, -0.15) is 18.6 Å². The van der Waals surface area contributed by atoms with Gasteiger partial charge in [0.25, 0.3) is 5.82 Å². The molecule has 12 rings (SSSR count). The van der Waals surface area contributed by atoms with Crippen LogP contribution < -0.4 is 18.8 Å². The fourth-order valence-corrected chi connectivity index (χ4v) is 10.6. The van der Waals surface area contributed by atoms with Gasteiger partial charge < -0.3 is 4.74 Å². The molecule has 8 heterocycles. The molecule has 3 aromatic heterocycles. The Morgan fingerprint density at radius 1 is 0.644 bits per heavy atom. The molecule has 0 N–H and O–H groups in total. The summed E-state index contributed by atoms with van der Waals surface area (Å²) < 4.78 is 28.6. The smallest absolute Gasteiger partial charge is 0.321 e. The van der Waals surface area contributed by atoms with E-state index in [4.69, 9.17) is 4.74 Å². The number of hydrogen-bond donors (Lipinski definition) is 0. The maximum atomic E-state index is 14.4. The molecule has 5 aliphatic heterocycles. The summed E-state index contributed by atoms with van der Waals surface area (Å²) in [5.41, 5.74) is 8.09. The van der Waals surface area contributed by atoms with Crippen LogP contribution in [0.15, 0.2) is 119 Å². The quantitative estimate of drug-likeness (QED) is 0.177. The molecule has 0 saturated carbocycles. The lowest BCUT2D eigenvalue weighted by molar-refractivity contribution is -0.966. The van der Waals surface area contributed by atoms with Gasteiger partial charge >= 0.3 is 11.5 Å². The highest BCUT2D eigenvalue weighted by Gasteiger charge is 2.67. The molecule has 7 heteroatoms. The molecule has 2 unspecified atom stereocenters. The summed E-state index contributed by atoms with van der Waals surface area (Å²) in [5, 5.41) is 2.26. The van der Waals surface area contributed by atoms with Gasteiger partial charge in [0.15, 0.2) is 11.0 Å². The molecule has 0 amide bonds. The zero-order valence-corrected chi connectivity index (χ0v) is 25.2. The number of pyridine rings is 2. The van der Waals surface area contributed by atoms with E-state index >= 15 is 0 Å². The van der Waals surface area contributed by atoms with E-state index in [9.17, 15) is 4.21 Å². The van der Waals surface area contributed by atoms with Crippen LogP contribution in [0, 0.1) is 0 Å². The normalized spacial score (nSPS) is 20.9. The predicted octanol–water partition coefficient (Wildman–Crippen LogP) is 6.98. The lowest BCUT2D eigenvalue weighted by Gasteiger charge is -2.47. The molecule has 0 saturated heterocycles. The molecule has 6 nitrogen and oxygen atoms in total. The molecular weight excluding hydrogens is 577 g/mol. The molecule has 45 heavy (non-hydrogen) atoms. The van der Waals surface area contributed by atoms with Gasteiger partial charge in [-0.1, -0.05) is 44.2 Å². The topological polar surface area (TPSA) is 42.2 Å². The van der Waals surface area contributed by atoms with Gasteiger partial charge in [0.2, 0.25) is 0 Å². The highest BCUT2D eigenvalue weighted by Crippen LogP contribution is 2.61. The Morgan fingerprint density at radius 2 is 1.36 bits per heavy atom. The highest BCUT2D eigenvalue weighted by atomic mass is 32.2. The Morgan fingerprint density at radius 3 is 2.27 bits per heavy atom. The number of hydrogen-bond acceptors (Lipinski definition) is 3. The molecule has 212 valence electrons. The third-order valence-electron chi connectivity index (χ3n) is 10.9. The van der Waals surface area contributed by atoms with Gasteiger partial charge in [0, 0.05) is 21.8 Å². The van der Waals surface area contributed by atoms with Crippen molar-refractivity contribution < 1.29 is 18.1 Å². The van der Waals surface area contributed by atoms with Crippen molar-refractivity contribution in [3.8, 4) is 17.3 Å². The number of rotatable bonds is 0. The van der Waals surface area contributed by atoms with Crippen molar-refractivity contribution in [2.45, 2.75) is 34.7 Å². The van der Waals surface area contributed by atoms with E-state index in [1.165, 1.54) is 16.8 Å². The van der Waals surface area contributed by atoms with Crippen molar-refractivity contribution in [1.29, 1.82) is 0 Å². The van der Waals surface area contributed by atoms with Crippen molar-refractivity contribution in [3.05, 3.63) is 132 Å². The van der Waals surface area contributed by atoms with Crippen LogP contribution in [0.2, 0.25) is 0 Å². The summed E-state index contributed by atoms with van der Waals surface area (Å²) >= 11 is 0. The molecule has 0 bridgehead atoms. The zero-order valence-electron chi connectivity index (χ0n) is 24.4. The lowest BCUT2D eigenvalue weighted by Crippen LogP contribution is -2.79. The molecule has 0 fully saturated rings. The molecule has 7 aromatic rings. The molecule has 1 spiro atoms. The van der Waals surface area contributed by atoms with Crippen LogP contribution in [0.25, 0.3) is 27.6 Å². The van der Waals surface area contributed by atoms with Gasteiger partial charge in [-0.3, -0.25) is 0 Å². The van der Waals surface area contributed by atoms with Crippen LogP contribution in [0.3, 0.4) is 0 Å². The van der Waals surface area contributed by atoms with E-state index in [2.05, 4.69) is 124 Å².